The molecule has 0 saturated carbocycles. The lowest BCUT2D eigenvalue weighted by molar-refractivity contribution is -0.123. The molecule has 112 valence electrons. The van der Waals surface area contributed by atoms with Crippen LogP contribution in [0.3, 0.4) is 0 Å². The summed E-state index contributed by atoms with van der Waals surface area (Å²) in [5.74, 6) is -3.86. The van der Waals surface area contributed by atoms with Crippen LogP contribution in [0.2, 0.25) is 0 Å². The molecule has 1 amide bonds. The molecular weight excluding hydrogens is 269 g/mol. The first kappa shape index (κ1) is 16.5. The number of hydrogen-bond acceptors (Lipinski definition) is 2. The van der Waals surface area contributed by atoms with Crippen molar-refractivity contribution in [3.8, 4) is 0 Å². The normalized spacial score (nSPS) is 12.6. The van der Waals surface area contributed by atoms with E-state index in [2.05, 4.69) is 10.6 Å². The first-order valence-corrected chi connectivity index (χ1v) is 6.43. The standard InChI is InChI=1S/C14H19F3N2O/c1-8(2)4-12(14(20)18-3)19-7-9-5-10(15)13(17)11(16)6-9/h5-6,8,12,19H,4,7H2,1-3H3,(H,18,20). The third-order valence-electron chi connectivity index (χ3n) is 2.87. The smallest absolute Gasteiger partial charge is 0.236 e. The van der Waals surface area contributed by atoms with Crippen LogP contribution in [-0.4, -0.2) is 19.0 Å². The molecule has 1 atom stereocenters. The van der Waals surface area contributed by atoms with E-state index in [1.807, 2.05) is 13.8 Å². The van der Waals surface area contributed by atoms with E-state index in [0.717, 1.165) is 12.1 Å². The highest BCUT2D eigenvalue weighted by atomic mass is 19.2. The van der Waals surface area contributed by atoms with Gasteiger partial charge in [0.1, 0.15) is 0 Å². The molecular formula is C14H19F3N2O. The van der Waals surface area contributed by atoms with E-state index in [1.165, 1.54) is 7.05 Å². The van der Waals surface area contributed by atoms with Crippen molar-refractivity contribution in [1.82, 2.24) is 10.6 Å². The Labute approximate surface area is 116 Å². The van der Waals surface area contributed by atoms with Gasteiger partial charge >= 0.3 is 0 Å². The van der Waals surface area contributed by atoms with Crippen molar-refractivity contribution < 1.29 is 18.0 Å². The van der Waals surface area contributed by atoms with Crippen LogP contribution < -0.4 is 10.6 Å². The van der Waals surface area contributed by atoms with E-state index < -0.39 is 23.5 Å². The van der Waals surface area contributed by atoms with Crippen LogP contribution in [0.4, 0.5) is 13.2 Å². The quantitative estimate of drug-likeness (QED) is 0.789. The third-order valence-corrected chi connectivity index (χ3v) is 2.87. The fourth-order valence-corrected chi connectivity index (χ4v) is 1.88. The van der Waals surface area contributed by atoms with E-state index in [9.17, 15) is 18.0 Å². The van der Waals surface area contributed by atoms with Gasteiger partial charge < -0.3 is 10.6 Å². The van der Waals surface area contributed by atoms with Gasteiger partial charge in [0, 0.05) is 13.6 Å². The molecule has 0 aromatic heterocycles. The Balaban J connectivity index is 2.74. The molecule has 3 nitrogen and oxygen atoms in total. The second-order valence-corrected chi connectivity index (χ2v) is 5.05. The fourth-order valence-electron chi connectivity index (χ4n) is 1.88. The molecule has 6 heteroatoms. The summed E-state index contributed by atoms with van der Waals surface area (Å²) < 4.78 is 39.0. The monoisotopic (exact) mass is 288 g/mol. The zero-order valence-corrected chi connectivity index (χ0v) is 11.8. The highest BCUT2D eigenvalue weighted by Gasteiger charge is 2.18. The summed E-state index contributed by atoms with van der Waals surface area (Å²) in [5, 5.41) is 5.45. The van der Waals surface area contributed by atoms with E-state index >= 15 is 0 Å². The molecule has 1 rings (SSSR count). The Morgan fingerprint density at radius 1 is 1.20 bits per heavy atom. The second kappa shape index (κ2) is 7.28. The van der Waals surface area contributed by atoms with Crippen LogP contribution in [0, 0.1) is 23.4 Å². The van der Waals surface area contributed by atoms with Gasteiger partial charge in [-0.2, -0.15) is 0 Å². The third kappa shape index (κ3) is 4.52. The molecule has 1 aromatic carbocycles. The number of rotatable bonds is 6. The van der Waals surface area contributed by atoms with E-state index in [1.54, 1.807) is 0 Å². The van der Waals surface area contributed by atoms with Crippen molar-refractivity contribution in [2.45, 2.75) is 32.9 Å². The maximum Gasteiger partial charge on any atom is 0.236 e. The van der Waals surface area contributed by atoms with Crippen molar-refractivity contribution in [3.63, 3.8) is 0 Å². The number of nitrogens with one attached hydrogen (secondary N) is 2. The van der Waals surface area contributed by atoms with Gasteiger partial charge in [-0.25, -0.2) is 13.2 Å². The Bertz CT molecular complexity index is 454. The average Bonchev–Trinajstić information content (AvgIpc) is 2.39. The summed E-state index contributed by atoms with van der Waals surface area (Å²) >= 11 is 0. The number of carbonyl (C=O) groups excluding carboxylic acids is 1. The molecule has 0 aliphatic rings. The minimum Gasteiger partial charge on any atom is -0.358 e. The van der Waals surface area contributed by atoms with Gasteiger partial charge in [-0.05, 0) is 30.0 Å². The molecule has 1 aromatic rings. The summed E-state index contributed by atoms with van der Waals surface area (Å²) in [6.07, 6.45) is 0.589. The fraction of sp³-hybridized carbons (Fsp3) is 0.500. The Hall–Kier alpha value is -1.56. The summed E-state index contributed by atoms with van der Waals surface area (Å²) in [7, 11) is 1.52. The Kier molecular flexibility index (Phi) is 6.01. The number of amides is 1. The van der Waals surface area contributed by atoms with Gasteiger partial charge in [-0.1, -0.05) is 13.8 Å². The maximum absolute atomic E-state index is 13.1. The molecule has 0 aliphatic carbocycles. The van der Waals surface area contributed by atoms with Crippen molar-refractivity contribution in [1.29, 1.82) is 0 Å². The minimum absolute atomic E-state index is 0.0823. The lowest BCUT2D eigenvalue weighted by Crippen LogP contribution is -2.43. The lowest BCUT2D eigenvalue weighted by atomic mass is 10.0. The van der Waals surface area contributed by atoms with E-state index in [-0.39, 0.29) is 23.9 Å². The average molecular weight is 288 g/mol. The van der Waals surface area contributed by atoms with Gasteiger partial charge in [-0.3, -0.25) is 4.79 Å². The predicted molar refractivity (Wildman–Crippen MR) is 70.5 cm³/mol. The predicted octanol–water partition coefficient (Wildman–Crippen LogP) is 2.35. The van der Waals surface area contributed by atoms with Crippen molar-refractivity contribution >= 4 is 5.91 Å². The van der Waals surface area contributed by atoms with Crippen molar-refractivity contribution in [2.24, 2.45) is 5.92 Å². The molecule has 1 unspecified atom stereocenters. The van der Waals surface area contributed by atoms with E-state index in [0.29, 0.717) is 6.42 Å². The second-order valence-electron chi connectivity index (χ2n) is 5.05. The molecule has 0 bridgehead atoms. The number of carbonyl (C=O) groups is 1. The highest BCUT2D eigenvalue weighted by Crippen LogP contribution is 2.14. The molecule has 0 saturated heterocycles. The topological polar surface area (TPSA) is 41.1 Å². The highest BCUT2D eigenvalue weighted by molar-refractivity contribution is 5.81. The number of hydrogen-bond donors (Lipinski definition) is 2. The largest absolute Gasteiger partial charge is 0.358 e. The number of halogens is 3. The van der Waals surface area contributed by atoms with Gasteiger partial charge in [0.05, 0.1) is 6.04 Å². The summed E-state index contributed by atoms with van der Waals surface area (Å²) in [6.45, 7) is 4.02. The van der Waals surface area contributed by atoms with Crippen LogP contribution in [0.25, 0.3) is 0 Å². The zero-order chi connectivity index (χ0) is 15.3. The minimum atomic E-state index is -1.49. The number of likely N-dealkylation sites (N-methyl/N-ethyl adjacent to an activating group) is 1. The van der Waals surface area contributed by atoms with Crippen molar-refractivity contribution in [3.05, 3.63) is 35.1 Å². The summed E-state index contributed by atoms with van der Waals surface area (Å²) in [5.41, 5.74) is 0.249. The molecule has 0 radical (unpaired) electrons. The maximum atomic E-state index is 13.1. The van der Waals surface area contributed by atoms with Crippen LogP contribution in [0.1, 0.15) is 25.8 Å². The molecule has 0 aliphatic heterocycles. The first-order valence-electron chi connectivity index (χ1n) is 6.43. The summed E-state index contributed by atoms with van der Waals surface area (Å²) in [4.78, 5) is 11.7. The van der Waals surface area contributed by atoms with Crippen LogP contribution in [-0.2, 0) is 11.3 Å². The van der Waals surface area contributed by atoms with Crippen LogP contribution in [0.15, 0.2) is 12.1 Å². The molecule has 0 spiro atoms. The van der Waals surface area contributed by atoms with Gasteiger partial charge in [0.15, 0.2) is 17.5 Å². The molecule has 0 heterocycles. The van der Waals surface area contributed by atoms with Gasteiger partial charge in [-0.15, -0.1) is 0 Å². The van der Waals surface area contributed by atoms with Crippen LogP contribution in [0.5, 0.6) is 0 Å². The number of benzene rings is 1. The van der Waals surface area contributed by atoms with E-state index in [4.69, 9.17) is 0 Å². The molecule has 2 N–H and O–H groups in total. The van der Waals surface area contributed by atoms with Crippen LogP contribution >= 0.6 is 0 Å². The Morgan fingerprint density at radius 2 is 1.75 bits per heavy atom. The van der Waals surface area contributed by atoms with Gasteiger partial charge in [0.25, 0.3) is 0 Å². The molecule has 0 fully saturated rings. The van der Waals surface area contributed by atoms with Gasteiger partial charge in [0.2, 0.25) is 5.91 Å². The SMILES string of the molecule is CNC(=O)C(CC(C)C)NCc1cc(F)c(F)c(F)c1. The summed E-state index contributed by atoms with van der Waals surface area (Å²) in [6, 6.07) is 1.37. The Morgan fingerprint density at radius 3 is 2.20 bits per heavy atom. The zero-order valence-electron chi connectivity index (χ0n) is 11.8. The van der Waals surface area contributed by atoms with Crippen molar-refractivity contribution in [2.75, 3.05) is 7.05 Å². The molecule has 20 heavy (non-hydrogen) atoms. The lowest BCUT2D eigenvalue weighted by Gasteiger charge is -2.19. The first-order chi connectivity index (χ1) is 9.35.